The topological polar surface area (TPSA) is 69.6 Å². The average Bonchev–Trinajstić information content (AvgIpc) is 2.98. The highest BCUT2D eigenvalue weighted by Gasteiger charge is 2.16. The highest BCUT2D eigenvalue weighted by Crippen LogP contribution is 2.27. The molecule has 0 amide bonds. The van der Waals surface area contributed by atoms with Crippen LogP contribution in [0.4, 0.5) is 14.6 Å². The van der Waals surface area contributed by atoms with Gasteiger partial charge in [-0.25, -0.2) is 18.7 Å². The maximum absolute atomic E-state index is 14.0. The molecule has 0 bridgehead atoms. The molecule has 0 aliphatic rings. The molecule has 0 radical (unpaired) electrons. The van der Waals surface area contributed by atoms with Gasteiger partial charge in [0.2, 0.25) is 0 Å². The maximum Gasteiger partial charge on any atom is 0.183 e. The minimum Gasteiger partial charge on any atom is -0.381 e. The molecule has 0 aliphatic carbocycles. The number of hydrogen-bond acceptors (Lipinski definition) is 4. The Bertz CT molecular complexity index is 1070. The summed E-state index contributed by atoms with van der Waals surface area (Å²) >= 11 is 0. The Kier molecular flexibility index (Phi) is 3.61. The number of anilines is 1. The van der Waals surface area contributed by atoms with Crippen molar-refractivity contribution in [1.82, 2.24) is 19.7 Å². The molecule has 0 aliphatic heterocycles. The normalized spacial score (nSPS) is 11.1. The van der Waals surface area contributed by atoms with E-state index in [0.29, 0.717) is 11.3 Å². The number of aromatic nitrogens is 4. The van der Waals surface area contributed by atoms with Gasteiger partial charge >= 0.3 is 0 Å². The van der Waals surface area contributed by atoms with Crippen LogP contribution in [-0.4, -0.2) is 19.7 Å². The summed E-state index contributed by atoms with van der Waals surface area (Å²) in [4.78, 5) is 7.95. The molecule has 0 saturated heterocycles. The highest BCUT2D eigenvalue weighted by molar-refractivity contribution is 5.91. The third-order valence-corrected chi connectivity index (χ3v) is 3.92. The number of hydrogen-bond donors (Lipinski definition) is 1. The summed E-state index contributed by atoms with van der Waals surface area (Å²) in [7, 11) is 0. The first kappa shape index (κ1) is 15.2. The number of halogens is 2. The van der Waals surface area contributed by atoms with E-state index in [-0.39, 0.29) is 24.0 Å². The number of rotatable bonds is 3. The summed E-state index contributed by atoms with van der Waals surface area (Å²) in [5.74, 6) is -0.995. The van der Waals surface area contributed by atoms with E-state index in [1.54, 1.807) is 22.9 Å². The van der Waals surface area contributed by atoms with E-state index < -0.39 is 5.82 Å². The molecule has 0 fully saturated rings. The number of nitrogen functional groups attached to an aromatic ring is 1. The summed E-state index contributed by atoms with van der Waals surface area (Å²) in [6, 6.07) is 14.0. The van der Waals surface area contributed by atoms with Crippen LogP contribution >= 0.6 is 0 Å². The predicted molar refractivity (Wildman–Crippen MR) is 90.6 cm³/mol. The summed E-state index contributed by atoms with van der Waals surface area (Å²) in [5.41, 5.74) is 7.33. The number of benzene rings is 2. The molecular weight excluding hydrogens is 324 g/mol. The van der Waals surface area contributed by atoms with Gasteiger partial charge in [-0.15, -0.1) is 0 Å². The monoisotopic (exact) mass is 337 g/mol. The van der Waals surface area contributed by atoms with Crippen LogP contribution in [0.5, 0.6) is 0 Å². The van der Waals surface area contributed by atoms with Crippen molar-refractivity contribution < 1.29 is 8.78 Å². The van der Waals surface area contributed by atoms with E-state index in [0.717, 1.165) is 17.1 Å². The quantitative estimate of drug-likeness (QED) is 0.622. The maximum atomic E-state index is 14.0. The number of nitrogens with zero attached hydrogens (tertiary/aromatic N) is 4. The van der Waals surface area contributed by atoms with Crippen LogP contribution in [0.25, 0.3) is 22.4 Å². The van der Waals surface area contributed by atoms with Crippen LogP contribution in [0.2, 0.25) is 0 Å². The number of para-hydroxylation sites is 1. The fourth-order valence-corrected chi connectivity index (χ4v) is 2.70. The lowest BCUT2D eigenvalue weighted by Crippen LogP contribution is -2.04. The Morgan fingerprint density at radius 2 is 1.72 bits per heavy atom. The first-order valence-corrected chi connectivity index (χ1v) is 7.61. The minimum atomic E-state index is -0.682. The second kappa shape index (κ2) is 5.94. The van der Waals surface area contributed by atoms with Crippen LogP contribution in [-0.2, 0) is 6.54 Å². The first-order valence-electron chi connectivity index (χ1n) is 7.61. The lowest BCUT2D eigenvalue weighted by molar-refractivity contribution is 0.590. The van der Waals surface area contributed by atoms with Crippen LogP contribution in [0.15, 0.2) is 54.7 Å². The standard InChI is InChI=1S/C18H13F2N5/c19-13-7-3-1-5-11(13)10-25-15-8-4-2-6-12(15)16(24-25)18-22-9-14(20)17(21)23-18/h1-9H,10H2,(H2,21,22,23). The first-order chi connectivity index (χ1) is 12.1. The molecule has 0 unspecified atom stereocenters. The van der Waals surface area contributed by atoms with Gasteiger partial charge in [-0.05, 0) is 12.1 Å². The Balaban J connectivity index is 1.87. The van der Waals surface area contributed by atoms with E-state index >= 15 is 0 Å². The van der Waals surface area contributed by atoms with Crippen molar-refractivity contribution in [3.8, 4) is 11.5 Å². The van der Waals surface area contributed by atoms with Gasteiger partial charge < -0.3 is 5.73 Å². The van der Waals surface area contributed by atoms with E-state index in [9.17, 15) is 8.78 Å². The average molecular weight is 337 g/mol. The van der Waals surface area contributed by atoms with E-state index in [1.165, 1.54) is 6.07 Å². The van der Waals surface area contributed by atoms with Gasteiger partial charge in [0.1, 0.15) is 11.5 Å². The highest BCUT2D eigenvalue weighted by atomic mass is 19.1. The van der Waals surface area contributed by atoms with Gasteiger partial charge in [0.05, 0.1) is 18.3 Å². The van der Waals surface area contributed by atoms with Crippen molar-refractivity contribution >= 4 is 16.7 Å². The number of nitrogens with two attached hydrogens (primary N) is 1. The molecule has 4 aromatic rings. The molecule has 0 atom stereocenters. The van der Waals surface area contributed by atoms with Gasteiger partial charge in [0.15, 0.2) is 17.5 Å². The Hall–Kier alpha value is -3.35. The molecule has 0 saturated carbocycles. The molecule has 2 N–H and O–H groups in total. The lowest BCUT2D eigenvalue weighted by Gasteiger charge is -2.04. The molecular formula is C18H13F2N5. The second-order valence-corrected chi connectivity index (χ2v) is 5.54. The third-order valence-electron chi connectivity index (χ3n) is 3.92. The van der Waals surface area contributed by atoms with Crippen molar-refractivity contribution in [2.24, 2.45) is 0 Å². The third kappa shape index (κ3) is 2.69. The molecule has 7 heteroatoms. The van der Waals surface area contributed by atoms with Crippen molar-refractivity contribution in [2.75, 3.05) is 5.73 Å². The van der Waals surface area contributed by atoms with Crippen LogP contribution in [0.1, 0.15) is 5.56 Å². The van der Waals surface area contributed by atoms with Gasteiger partial charge in [-0.2, -0.15) is 5.10 Å². The molecule has 5 nitrogen and oxygen atoms in total. The summed E-state index contributed by atoms with van der Waals surface area (Å²) in [5, 5.41) is 5.30. The molecule has 2 aromatic heterocycles. The Morgan fingerprint density at radius 3 is 2.52 bits per heavy atom. The van der Waals surface area contributed by atoms with Crippen molar-refractivity contribution in [1.29, 1.82) is 0 Å². The number of fused-ring (bicyclic) bond motifs is 1. The summed E-state index contributed by atoms with van der Waals surface area (Å²) in [6.07, 6.45) is 1.02. The van der Waals surface area contributed by atoms with Crippen molar-refractivity contribution in [3.63, 3.8) is 0 Å². The van der Waals surface area contributed by atoms with E-state index in [2.05, 4.69) is 15.1 Å². The largest absolute Gasteiger partial charge is 0.381 e. The van der Waals surface area contributed by atoms with Crippen molar-refractivity contribution in [2.45, 2.75) is 6.54 Å². The van der Waals surface area contributed by atoms with Crippen LogP contribution in [0.3, 0.4) is 0 Å². The van der Waals surface area contributed by atoms with Crippen LogP contribution < -0.4 is 5.73 Å². The van der Waals surface area contributed by atoms with Gasteiger partial charge in [0, 0.05) is 10.9 Å². The molecule has 25 heavy (non-hydrogen) atoms. The van der Waals surface area contributed by atoms with Crippen LogP contribution in [0, 0.1) is 11.6 Å². The SMILES string of the molecule is Nc1nc(-c2nn(Cc3ccccc3F)c3ccccc23)ncc1F. The summed E-state index contributed by atoms with van der Waals surface area (Å²) < 4.78 is 29.0. The zero-order valence-electron chi connectivity index (χ0n) is 13.0. The van der Waals surface area contributed by atoms with E-state index in [4.69, 9.17) is 5.73 Å². The predicted octanol–water partition coefficient (Wildman–Crippen LogP) is 3.40. The Morgan fingerprint density at radius 1 is 0.960 bits per heavy atom. The molecule has 2 heterocycles. The smallest absolute Gasteiger partial charge is 0.183 e. The van der Waals surface area contributed by atoms with Gasteiger partial charge in [-0.1, -0.05) is 36.4 Å². The summed E-state index contributed by atoms with van der Waals surface area (Å²) in [6.45, 7) is 0.254. The fourth-order valence-electron chi connectivity index (χ4n) is 2.70. The fraction of sp³-hybridized carbons (Fsp3) is 0.0556. The zero-order valence-corrected chi connectivity index (χ0v) is 13.0. The lowest BCUT2D eigenvalue weighted by atomic mass is 10.2. The second-order valence-electron chi connectivity index (χ2n) is 5.54. The Labute approximate surface area is 141 Å². The molecule has 4 rings (SSSR count). The molecule has 124 valence electrons. The molecule has 0 spiro atoms. The van der Waals surface area contributed by atoms with Gasteiger partial charge in [0.25, 0.3) is 0 Å². The molecule has 2 aromatic carbocycles. The van der Waals surface area contributed by atoms with E-state index in [1.807, 2.05) is 24.3 Å². The van der Waals surface area contributed by atoms with Gasteiger partial charge in [-0.3, -0.25) is 4.68 Å². The van der Waals surface area contributed by atoms with Crippen molar-refractivity contribution in [3.05, 3.63) is 71.9 Å². The minimum absolute atomic E-state index is 0.224. The zero-order chi connectivity index (χ0) is 17.4.